The molecule has 0 aromatic rings. The summed E-state index contributed by atoms with van der Waals surface area (Å²) in [5, 5.41) is 0. The van der Waals surface area contributed by atoms with Gasteiger partial charge in [0.05, 0.1) is 0 Å². The van der Waals surface area contributed by atoms with Crippen molar-refractivity contribution in [3.8, 4) is 0 Å². The fourth-order valence-corrected chi connectivity index (χ4v) is 3.38. The Labute approximate surface area is 99.4 Å². The summed E-state index contributed by atoms with van der Waals surface area (Å²) in [6.45, 7) is 6.84. The van der Waals surface area contributed by atoms with E-state index in [1.807, 2.05) is 0 Å². The Morgan fingerprint density at radius 3 is 2.81 bits per heavy atom. The molecule has 0 aromatic heterocycles. The topological polar surface area (TPSA) is 20.3 Å². The van der Waals surface area contributed by atoms with Crippen LogP contribution in [0.5, 0.6) is 0 Å². The number of carbonyl (C=O) groups excluding carboxylic acids is 1. The molecule has 92 valence electrons. The van der Waals surface area contributed by atoms with E-state index >= 15 is 0 Å². The van der Waals surface area contributed by atoms with Gasteiger partial charge in [-0.05, 0) is 31.6 Å². The van der Waals surface area contributed by atoms with Crippen LogP contribution in [-0.2, 0) is 4.79 Å². The summed E-state index contributed by atoms with van der Waals surface area (Å²) in [6, 6.07) is 0.485. The van der Waals surface area contributed by atoms with Crippen molar-refractivity contribution in [2.45, 2.75) is 58.4 Å². The van der Waals surface area contributed by atoms with E-state index in [9.17, 15) is 4.79 Å². The SMILES string of the molecule is CC1CCCC(CN2CCC(=O)CC2C)C1. The third-order valence-corrected chi connectivity index (χ3v) is 4.36. The Hall–Kier alpha value is -0.370. The van der Waals surface area contributed by atoms with Crippen molar-refractivity contribution >= 4 is 5.78 Å². The zero-order chi connectivity index (χ0) is 11.5. The number of carbonyl (C=O) groups is 1. The van der Waals surface area contributed by atoms with Gasteiger partial charge in [0.25, 0.3) is 0 Å². The smallest absolute Gasteiger partial charge is 0.135 e. The number of rotatable bonds is 2. The van der Waals surface area contributed by atoms with Crippen molar-refractivity contribution in [2.75, 3.05) is 13.1 Å². The number of likely N-dealkylation sites (tertiary alicyclic amines) is 1. The summed E-state index contributed by atoms with van der Waals surface area (Å²) in [5.74, 6) is 2.26. The highest BCUT2D eigenvalue weighted by Crippen LogP contribution is 2.30. The standard InChI is InChI=1S/C14H25NO/c1-11-4-3-5-13(8-11)10-15-7-6-14(16)9-12(15)2/h11-13H,3-10H2,1-2H3. The number of ketones is 1. The van der Waals surface area contributed by atoms with Gasteiger partial charge in [0.15, 0.2) is 0 Å². The lowest BCUT2D eigenvalue weighted by atomic mass is 9.82. The molecule has 0 bridgehead atoms. The predicted molar refractivity (Wildman–Crippen MR) is 66.4 cm³/mol. The third kappa shape index (κ3) is 3.07. The van der Waals surface area contributed by atoms with Crippen molar-refractivity contribution in [1.82, 2.24) is 4.90 Å². The number of Topliss-reactive ketones (excluding diaryl/α,β-unsaturated/α-hetero) is 1. The Morgan fingerprint density at radius 2 is 2.12 bits per heavy atom. The van der Waals surface area contributed by atoms with E-state index in [0.29, 0.717) is 11.8 Å². The molecular weight excluding hydrogens is 198 g/mol. The fraction of sp³-hybridized carbons (Fsp3) is 0.929. The second-order valence-electron chi connectivity index (χ2n) is 5.97. The molecule has 0 radical (unpaired) electrons. The first kappa shape index (κ1) is 12.1. The quantitative estimate of drug-likeness (QED) is 0.717. The van der Waals surface area contributed by atoms with E-state index < -0.39 is 0 Å². The molecule has 3 atom stereocenters. The van der Waals surface area contributed by atoms with Crippen LogP contribution in [0.3, 0.4) is 0 Å². The minimum atomic E-state index is 0.459. The average molecular weight is 223 g/mol. The lowest BCUT2D eigenvalue weighted by Gasteiger charge is -2.37. The number of hydrogen-bond acceptors (Lipinski definition) is 2. The predicted octanol–water partition coefficient (Wildman–Crippen LogP) is 2.87. The van der Waals surface area contributed by atoms with Crippen LogP contribution >= 0.6 is 0 Å². The lowest BCUT2D eigenvalue weighted by molar-refractivity contribution is -0.123. The largest absolute Gasteiger partial charge is 0.300 e. The molecule has 2 rings (SSSR count). The molecule has 2 heteroatoms. The molecule has 2 nitrogen and oxygen atoms in total. The molecule has 0 aromatic carbocycles. The summed E-state index contributed by atoms with van der Waals surface area (Å²) in [5.41, 5.74) is 0. The number of piperidine rings is 1. The Bertz CT molecular complexity index is 251. The summed E-state index contributed by atoms with van der Waals surface area (Å²) in [4.78, 5) is 13.9. The van der Waals surface area contributed by atoms with E-state index in [1.54, 1.807) is 0 Å². The van der Waals surface area contributed by atoms with E-state index in [2.05, 4.69) is 18.7 Å². The summed E-state index contributed by atoms with van der Waals surface area (Å²) < 4.78 is 0. The normalized spacial score (nSPS) is 37.6. The molecule has 1 heterocycles. The fourth-order valence-electron chi connectivity index (χ4n) is 3.38. The molecule has 3 unspecified atom stereocenters. The molecule has 2 aliphatic rings. The van der Waals surface area contributed by atoms with Crippen molar-refractivity contribution in [2.24, 2.45) is 11.8 Å². The van der Waals surface area contributed by atoms with E-state index in [0.717, 1.165) is 31.2 Å². The van der Waals surface area contributed by atoms with Crippen LogP contribution in [0.1, 0.15) is 52.4 Å². The average Bonchev–Trinajstić information content (AvgIpc) is 2.22. The lowest BCUT2D eigenvalue weighted by Crippen LogP contribution is -2.44. The maximum absolute atomic E-state index is 11.3. The summed E-state index contributed by atoms with van der Waals surface area (Å²) >= 11 is 0. The minimum absolute atomic E-state index is 0.459. The molecule has 2 fully saturated rings. The van der Waals surface area contributed by atoms with Crippen LogP contribution in [-0.4, -0.2) is 29.8 Å². The van der Waals surface area contributed by atoms with Crippen molar-refractivity contribution in [3.63, 3.8) is 0 Å². The van der Waals surface area contributed by atoms with Gasteiger partial charge in [-0.15, -0.1) is 0 Å². The van der Waals surface area contributed by atoms with Gasteiger partial charge in [-0.25, -0.2) is 0 Å². The van der Waals surface area contributed by atoms with Crippen molar-refractivity contribution < 1.29 is 4.79 Å². The molecule has 1 aliphatic carbocycles. The van der Waals surface area contributed by atoms with Crippen molar-refractivity contribution in [1.29, 1.82) is 0 Å². The van der Waals surface area contributed by atoms with E-state index in [-0.39, 0.29) is 0 Å². The first-order chi connectivity index (χ1) is 7.65. The Kier molecular flexibility index (Phi) is 4.01. The maximum atomic E-state index is 11.3. The van der Waals surface area contributed by atoms with Crippen molar-refractivity contribution in [3.05, 3.63) is 0 Å². The highest BCUT2D eigenvalue weighted by atomic mass is 16.1. The maximum Gasteiger partial charge on any atom is 0.135 e. The van der Waals surface area contributed by atoms with Crippen LogP contribution in [0.15, 0.2) is 0 Å². The van der Waals surface area contributed by atoms with E-state index in [4.69, 9.17) is 0 Å². The highest BCUT2D eigenvalue weighted by molar-refractivity contribution is 5.79. The first-order valence-electron chi connectivity index (χ1n) is 6.91. The molecule has 16 heavy (non-hydrogen) atoms. The number of nitrogens with zero attached hydrogens (tertiary/aromatic N) is 1. The molecule has 0 N–H and O–H groups in total. The molecule has 0 spiro atoms. The van der Waals surface area contributed by atoms with Gasteiger partial charge in [0.2, 0.25) is 0 Å². The van der Waals surface area contributed by atoms with Gasteiger partial charge in [0.1, 0.15) is 5.78 Å². The molecule has 1 saturated heterocycles. The van der Waals surface area contributed by atoms with Gasteiger partial charge in [-0.2, -0.15) is 0 Å². The molecule has 0 amide bonds. The van der Waals surface area contributed by atoms with Crippen LogP contribution in [0, 0.1) is 11.8 Å². The molecule has 1 aliphatic heterocycles. The molecule has 1 saturated carbocycles. The van der Waals surface area contributed by atoms with Gasteiger partial charge in [-0.1, -0.05) is 19.8 Å². The summed E-state index contributed by atoms with van der Waals surface area (Å²) in [7, 11) is 0. The first-order valence-corrected chi connectivity index (χ1v) is 6.91. The summed E-state index contributed by atoms with van der Waals surface area (Å²) in [6.07, 6.45) is 7.20. The minimum Gasteiger partial charge on any atom is -0.300 e. The zero-order valence-electron chi connectivity index (χ0n) is 10.7. The van der Waals surface area contributed by atoms with E-state index in [1.165, 1.54) is 32.2 Å². The van der Waals surface area contributed by atoms with Crippen LogP contribution < -0.4 is 0 Å². The van der Waals surface area contributed by atoms with Gasteiger partial charge in [-0.3, -0.25) is 9.69 Å². The zero-order valence-corrected chi connectivity index (χ0v) is 10.7. The third-order valence-electron chi connectivity index (χ3n) is 4.36. The number of hydrogen-bond donors (Lipinski definition) is 0. The second-order valence-corrected chi connectivity index (χ2v) is 5.97. The van der Waals surface area contributed by atoms with Crippen LogP contribution in [0.2, 0.25) is 0 Å². The van der Waals surface area contributed by atoms with Gasteiger partial charge >= 0.3 is 0 Å². The van der Waals surface area contributed by atoms with Crippen LogP contribution in [0.4, 0.5) is 0 Å². The monoisotopic (exact) mass is 223 g/mol. The highest BCUT2D eigenvalue weighted by Gasteiger charge is 2.27. The van der Waals surface area contributed by atoms with Gasteiger partial charge < -0.3 is 0 Å². The second kappa shape index (κ2) is 5.31. The Morgan fingerprint density at radius 1 is 1.31 bits per heavy atom. The molecular formula is C14H25NO. The van der Waals surface area contributed by atoms with Crippen LogP contribution in [0.25, 0.3) is 0 Å². The van der Waals surface area contributed by atoms with Gasteiger partial charge in [0, 0.05) is 32.0 Å². The Balaban J connectivity index is 1.82.